The van der Waals surface area contributed by atoms with Crippen LogP contribution in [-0.2, 0) is 4.74 Å². The highest BCUT2D eigenvalue weighted by Crippen LogP contribution is 2.28. The van der Waals surface area contributed by atoms with Gasteiger partial charge in [-0.3, -0.25) is 0 Å². The summed E-state index contributed by atoms with van der Waals surface area (Å²) in [5.74, 6) is 0.874. The van der Waals surface area contributed by atoms with Crippen LogP contribution in [0.5, 0.6) is 0 Å². The van der Waals surface area contributed by atoms with Crippen molar-refractivity contribution >= 4 is 29.0 Å². The van der Waals surface area contributed by atoms with Gasteiger partial charge in [0, 0.05) is 11.7 Å². The lowest BCUT2D eigenvalue weighted by Gasteiger charge is -2.24. The maximum absolute atomic E-state index is 11.7. The molecular formula is C19H25N5O2. The number of esters is 1. The monoisotopic (exact) mass is 355 g/mol. The summed E-state index contributed by atoms with van der Waals surface area (Å²) in [7, 11) is 0. The smallest absolute Gasteiger partial charge is 0.338 e. The second-order valence-corrected chi connectivity index (χ2v) is 6.39. The number of nitrogens with two attached hydrogens (primary N) is 1. The SMILES string of the molecule is CCOC(=O)c1ccc(Nc2ncnc(NC3CCCCC3)c2N)cc1. The number of anilines is 4. The Hall–Kier alpha value is -2.83. The number of hydrogen-bond donors (Lipinski definition) is 3. The largest absolute Gasteiger partial charge is 0.462 e. The van der Waals surface area contributed by atoms with Gasteiger partial charge in [0.2, 0.25) is 0 Å². The van der Waals surface area contributed by atoms with Crippen molar-refractivity contribution in [2.75, 3.05) is 23.0 Å². The average Bonchev–Trinajstić information content (AvgIpc) is 2.66. The molecule has 0 radical (unpaired) electrons. The van der Waals surface area contributed by atoms with Crippen molar-refractivity contribution in [2.45, 2.75) is 45.1 Å². The minimum Gasteiger partial charge on any atom is -0.462 e. The predicted octanol–water partition coefficient (Wildman–Crippen LogP) is 3.72. The van der Waals surface area contributed by atoms with Crippen molar-refractivity contribution in [3.63, 3.8) is 0 Å². The summed E-state index contributed by atoms with van der Waals surface area (Å²) in [6.07, 6.45) is 7.55. The van der Waals surface area contributed by atoms with Gasteiger partial charge in [-0.05, 0) is 44.0 Å². The Bertz CT molecular complexity index is 742. The normalized spacial score (nSPS) is 14.7. The van der Waals surface area contributed by atoms with Crippen molar-refractivity contribution in [1.29, 1.82) is 0 Å². The van der Waals surface area contributed by atoms with Crippen molar-refractivity contribution in [3.8, 4) is 0 Å². The van der Waals surface area contributed by atoms with Crippen LogP contribution < -0.4 is 16.4 Å². The topological polar surface area (TPSA) is 102 Å². The first-order valence-electron chi connectivity index (χ1n) is 9.08. The summed E-state index contributed by atoms with van der Waals surface area (Å²) in [5.41, 5.74) is 8.03. The van der Waals surface area contributed by atoms with Gasteiger partial charge in [0.1, 0.15) is 12.0 Å². The molecule has 7 heteroatoms. The van der Waals surface area contributed by atoms with E-state index >= 15 is 0 Å². The number of ether oxygens (including phenoxy) is 1. The molecule has 1 saturated carbocycles. The first-order valence-corrected chi connectivity index (χ1v) is 9.08. The average molecular weight is 355 g/mol. The van der Waals surface area contributed by atoms with E-state index in [1.165, 1.54) is 25.6 Å². The van der Waals surface area contributed by atoms with Crippen molar-refractivity contribution in [2.24, 2.45) is 0 Å². The van der Waals surface area contributed by atoms with Gasteiger partial charge in [-0.15, -0.1) is 0 Å². The Kier molecular flexibility index (Phi) is 5.88. The van der Waals surface area contributed by atoms with Crippen LogP contribution in [0.15, 0.2) is 30.6 Å². The minimum atomic E-state index is -0.334. The number of hydrogen-bond acceptors (Lipinski definition) is 7. The van der Waals surface area contributed by atoms with E-state index in [-0.39, 0.29) is 5.97 Å². The Balaban J connectivity index is 1.69. The number of nitrogens with zero attached hydrogens (tertiary/aromatic N) is 2. The van der Waals surface area contributed by atoms with Gasteiger partial charge < -0.3 is 21.1 Å². The first kappa shape index (κ1) is 18.0. The van der Waals surface area contributed by atoms with Crippen LogP contribution in [0.1, 0.15) is 49.4 Å². The molecule has 1 heterocycles. The van der Waals surface area contributed by atoms with Crippen molar-refractivity contribution in [3.05, 3.63) is 36.2 Å². The molecular weight excluding hydrogens is 330 g/mol. The Morgan fingerprint density at radius 3 is 2.54 bits per heavy atom. The van der Waals surface area contributed by atoms with E-state index in [4.69, 9.17) is 10.5 Å². The molecule has 138 valence electrons. The zero-order valence-electron chi connectivity index (χ0n) is 15.0. The molecule has 0 amide bonds. The lowest BCUT2D eigenvalue weighted by atomic mass is 9.95. The predicted molar refractivity (Wildman–Crippen MR) is 103 cm³/mol. The molecule has 4 N–H and O–H groups in total. The fourth-order valence-corrected chi connectivity index (χ4v) is 3.09. The van der Waals surface area contributed by atoms with E-state index in [1.807, 2.05) is 0 Å². The number of carbonyl (C=O) groups excluding carboxylic acids is 1. The molecule has 0 atom stereocenters. The number of carbonyl (C=O) groups is 1. The number of rotatable bonds is 6. The molecule has 2 aromatic rings. The van der Waals surface area contributed by atoms with Crippen LogP contribution in [0.4, 0.5) is 23.0 Å². The highest BCUT2D eigenvalue weighted by atomic mass is 16.5. The Labute approximate surface area is 153 Å². The second-order valence-electron chi connectivity index (χ2n) is 6.39. The fourth-order valence-electron chi connectivity index (χ4n) is 3.09. The van der Waals surface area contributed by atoms with Gasteiger partial charge in [-0.1, -0.05) is 19.3 Å². The van der Waals surface area contributed by atoms with E-state index in [2.05, 4.69) is 20.6 Å². The number of aromatic nitrogens is 2. The van der Waals surface area contributed by atoms with E-state index < -0.39 is 0 Å². The van der Waals surface area contributed by atoms with Crippen molar-refractivity contribution in [1.82, 2.24) is 9.97 Å². The highest BCUT2D eigenvalue weighted by Gasteiger charge is 2.16. The lowest BCUT2D eigenvalue weighted by Crippen LogP contribution is -2.23. The summed E-state index contributed by atoms with van der Waals surface area (Å²) in [6.45, 7) is 2.14. The van der Waals surface area contributed by atoms with Crippen LogP contribution in [0.2, 0.25) is 0 Å². The molecule has 26 heavy (non-hydrogen) atoms. The number of benzene rings is 1. The summed E-state index contributed by atoms with van der Waals surface area (Å²) < 4.78 is 4.98. The maximum atomic E-state index is 11.7. The van der Waals surface area contributed by atoms with E-state index in [0.717, 1.165) is 18.5 Å². The molecule has 3 rings (SSSR count). The Morgan fingerprint density at radius 2 is 1.85 bits per heavy atom. The summed E-state index contributed by atoms with van der Waals surface area (Å²) in [6, 6.07) is 7.42. The van der Waals surface area contributed by atoms with Gasteiger partial charge in [0.25, 0.3) is 0 Å². The van der Waals surface area contributed by atoms with Gasteiger partial charge in [0.15, 0.2) is 11.6 Å². The molecule has 7 nitrogen and oxygen atoms in total. The van der Waals surface area contributed by atoms with Crippen molar-refractivity contribution < 1.29 is 9.53 Å². The van der Waals surface area contributed by atoms with Gasteiger partial charge in [0.05, 0.1) is 12.2 Å². The molecule has 1 aromatic carbocycles. The van der Waals surface area contributed by atoms with E-state index in [9.17, 15) is 4.79 Å². The van der Waals surface area contributed by atoms with E-state index in [1.54, 1.807) is 31.2 Å². The quantitative estimate of drug-likeness (QED) is 0.679. The van der Waals surface area contributed by atoms with Crippen LogP contribution in [0.25, 0.3) is 0 Å². The van der Waals surface area contributed by atoms with Crippen LogP contribution in [0, 0.1) is 0 Å². The second kappa shape index (κ2) is 8.51. The zero-order chi connectivity index (χ0) is 18.4. The molecule has 0 aliphatic heterocycles. The van der Waals surface area contributed by atoms with Crippen LogP contribution in [0.3, 0.4) is 0 Å². The fraction of sp³-hybridized carbons (Fsp3) is 0.421. The maximum Gasteiger partial charge on any atom is 0.338 e. The van der Waals surface area contributed by atoms with Gasteiger partial charge >= 0.3 is 5.97 Å². The summed E-state index contributed by atoms with van der Waals surface area (Å²) in [4.78, 5) is 20.2. The molecule has 0 bridgehead atoms. The van der Waals surface area contributed by atoms with Crippen LogP contribution in [-0.4, -0.2) is 28.6 Å². The third-order valence-electron chi connectivity index (χ3n) is 4.49. The zero-order valence-corrected chi connectivity index (χ0v) is 15.0. The van der Waals surface area contributed by atoms with Crippen LogP contribution >= 0.6 is 0 Å². The number of nitrogens with one attached hydrogen (secondary N) is 2. The molecule has 0 saturated heterocycles. The third kappa shape index (κ3) is 4.41. The lowest BCUT2D eigenvalue weighted by molar-refractivity contribution is 0.0526. The van der Waals surface area contributed by atoms with Gasteiger partial charge in [-0.25, -0.2) is 14.8 Å². The standard InChI is InChI=1S/C19H25N5O2/c1-2-26-19(25)13-8-10-15(11-9-13)24-18-16(20)17(21-12-22-18)23-14-6-4-3-5-7-14/h8-12,14H,2-7,20H2,1H3,(H2,21,22,23,24). The third-order valence-corrected chi connectivity index (χ3v) is 4.49. The molecule has 0 unspecified atom stereocenters. The van der Waals surface area contributed by atoms with Gasteiger partial charge in [-0.2, -0.15) is 0 Å². The molecule has 1 fully saturated rings. The summed E-state index contributed by atoms with van der Waals surface area (Å²) >= 11 is 0. The minimum absolute atomic E-state index is 0.334. The number of nitrogen functional groups attached to an aromatic ring is 1. The molecule has 1 aliphatic rings. The molecule has 1 aromatic heterocycles. The first-order chi connectivity index (χ1) is 12.7. The molecule has 0 spiro atoms. The highest BCUT2D eigenvalue weighted by molar-refractivity contribution is 5.90. The summed E-state index contributed by atoms with van der Waals surface area (Å²) in [5, 5.41) is 6.62. The molecule has 1 aliphatic carbocycles. The Morgan fingerprint density at radius 1 is 1.15 bits per heavy atom. The van der Waals surface area contributed by atoms with E-state index in [0.29, 0.717) is 35.5 Å².